The molecule has 0 aliphatic heterocycles. The first-order valence-electron chi connectivity index (χ1n) is 5.66. The predicted octanol–water partition coefficient (Wildman–Crippen LogP) is 0.0239. The van der Waals surface area contributed by atoms with Crippen molar-refractivity contribution in [2.75, 3.05) is 6.54 Å². The molecule has 0 aliphatic rings. The number of sulfonamides is 1. The number of aromatic carboxylic acids is 1. The van der Waals surface area contributed by atoms with Gasteiger partial charge in [-0.15, -0.1) is 0 Å². The van der Waals surface area contributed by atoms with E-state index in [9.17, 15) is 13.2 Å². The standard InChI is InChI=1S/C11H12N4O4S/c16-11(17)8-1-2-10(14-7-8)20(18,19)15-4-3-9-12-5-6-13-9/h1-2,5-7,15H,3-4H2,(H,12,13)(H,16,17). The van der Waals surface area contributed by atoms with E-state index in [4.69, 9.17) is 5.11 Å². The first-order chi connectivity index (χ1) is 9.49. The molecule has 0 unspecified atom stereocenters. The third-order valence-corrected chi connectivity index (χ3v) is 3.84. The summed E-state index contributed by atoms with van der Waals surface area (Å²) in [4.78, 5) is 21.1. The monoisotopic (exact) mass is 296 g/mol. The van der Waals surface area contributed by atoms with E-state index in [-0.39, 0.29) is 17.1 Å². The van der Waals surface area contributed by atoms with Crippen LogP contribution in [0.1, 0.15) is 16.2 Å². The molecule has 2 rings (SSSR count). The molecule has 0 radical (unpaired) electrons. The number of nitrogens with one attached hydrogen (secondary N) is 2. The van der Waals surface area contributed by atoms with Gasteiger partial charge in [-0.2, -0.15) is 0 Å². The van der Waals surface area contributed by atoms with Gasteiger partial charge in [0, 0.05) is 31.6 Å². The fourth-order valence-electron chi connectivity index (χ4n) is 1.48. The minimum atomic E-state index is -3.75. The highest BCUT2D eigenvalue weighted by molar-refractivity contribution is 7.89. The van der Waals surface area contributed by atoms with Crippen LogP contribution >= 0.6 is 0 Å². The number of rotatable bonds is 6. The number of H-pyrrole nitrogens is 1. The molecule has 0 amide bonds. The normalized spacial score (nSPS) is 11.4. The number of carboxylic acids is 1. The Hall–Kier alpha value is -2.26. The summed E-state index contributed by atoms with van der Waals surface area (Å²) in [5, 5.41) is 8.49. The molecule has 0 saturated heterocycles. The van der Waals surface area contributed by atoms with Crippen molar-refractivity contribution in [1.82, 2.24) is 19.7 Å². The second-order valence-corrected chi connectivity index (χ2v) is 5.59. The van der Waals surface area contributed by atoms with Crippen molar-refractivity contribution in [3.05, 3.63) is 42.1 Å². The molecule has 3 N–H and O–H groups in total. The Morgan fingerprint density at radius 2 is 2.15 bits per heavy atom. The fourth-order valence-corrected chi connectivity index (χ4v) is 2.44. The zero-order valence-corrected chi connectivity index (χ0v) is 11.1. The molecule has 106 valence electrons. The molecule has 2 aromatic rings. The Balaban J connectivity index is 2.00. The van der Waals surface area contributed by atoms with Crippen LogP contribution in [-0.2, 0) is 16.4 Å². The van der Waals surface area contributed by atoms with Crippen LogP contribution in [0.25, 0.3) is 0 Å². The average Bonchev–Trinajstić information content (AvgIpc) is 2.92. The summed E-state index contributed by atoms with van der Waals surface area (Å²) in [5.41, 5.74) is -0.0699. The van der Waals surface area contributed by atoms with Gasteiger partial charge in [0.25, 0.3) is 10.0 Å². The van der Waals surface area contributed by atoms with Gasteiger partial charge in [-0.05, 0) is 12.1 Å². The van der Waals surface area contributed by atoms with Gasteiger partial charge in [0.1, 0.15) is 5.82 Å². The number of imidazole rings is 1. The second-order valence-electron chi connectivity index (χ2n) is 3.87. The van der Waals surface area contributed by atoms with Crippen LogP contribution in [0.2, 0.25) is 0 Å². The molecule has 0 aromatic carbocycles. The summed E-state index contributed by atoms with van der Waals surface area (Å²) in [6.45, 7) is 0.165. The van der Waals surface area contributed by atoms with Gasteiger partial charge in [-0.25, -0.2) is 27.9 Å². The van der Waals surface area contributed by atoms with Crippen molar-refractivity contribution >= 4 is 16.0 Å². The minimum absolute atomic E-state index is 0.0699. The second kappa shape index (κ2) is 5.80. The number of nitrogens with zero attached hydrogens (tertiary/aromatic N) is 2. The van der Waals surface area contributed by atoms with Gasteiger partial charge < -0.3 is 10.1 Å². The largest absolute Gasteiger partial charge is 0.478 e. The van der Waals surface area contributed by atoms with Crippen molar-refractivity contribution in [2.24, 2.45) is 0 Å². The lowest BCUT2D eigenvalue weighted by Crippen LogP contribution is -2.27. The maximum atomic E-state index is 11.9. The number of hydrogen-bond acceptors (Lipinski definition) is 5. The summed E-state index contributed by atoms with van der Waals surface area (Å²) >= 11 is 0. The zero-order chi connectivity index (χ0) is 14.6. The number of carboxylic acid groups (broad SMARTS) is 1. The van der Waals surface area contributed by atoms with E-state index in [1.165, 1.54) is 6.07 Å². The average molecular weight is 296 g/mol. The van der Waals surface area contributed by atoms with Gasteiger partial charge in [0.05, 0.1) is 5.56 Å². The summed E-state index contributed by atoms with van der Waals surface area (Å²) in [6, 6.07) is 2.34. The van der Waals surface area contributed by atoms with E-state index in [1.54, 1.807) is 12.4 Å². The van der Waals surface area contributed by atoms with Crippen LogP contribution in [0.3, 0.4) is 0 Å². The molecule has 0 aliphatic carbocycles. The molecule has 20 heavy (non-hydrogen) atoms. The van der Waals surface area contributed by atoms with E-state index in [1.807, 2.05) is 0 Å². The van der Waals surface area contributed by atoms with Gasteiger partial charge in [-0.3, -0.25) is 0 Å². The van der Waals surface area contributed by atoms with Crippen molar-refractivity contribution in [3.63, 3.8) is 0 Å². The summed E-state index contributed by atoms with van der Waals surface area (Å²) in [6.07, 6.45) is 4.65. The molecule has 2 aromatic heterocycles. The SMILES string of the molecule is O=C(O)c1ccc(S(=O)(=O)NCCc2ncc[nH]2)nc1. The van der Waals surface area contributed by atoms with E-state index >= 15 is 0 Å². The van der Waals surface area contributed by atoms with Gasteiger partial charge in [-0.1, -0.05) is 0 Å². The van der Waals surface area contributed by atoms with Crippen molar-refractivity contribution < 1.29 is 18.3 Å². The highest BCUT2D eigenvalue weighted by atomic mass is 32.2. The Morgan fingerprint density at radius 1 is 1.35 bits per heavy atom. The van der Waals surface area contributed by atoms with Crippen LogP contribution < -0.4 is 4.72 Å². The quantitative estimate of drug-likeness (QED) is 0.690. The van der Waals surface area contributed by atoms with Crippen molar-refractivity contribution in [3.8, 4) is 0 Å². The van der Waals surface area contributed by atoms with E-state index in [2.05, 4.69) is 19.7 Å². The van der Waals surface area contributed by atoms with E-state index < -0.39 is 16.0 Å². The first kappa shape index (κ1) is 14.2. The molecule has 0 atom stereocenters. The maximum absolute atomic E-state index is 11.9. The highest BCUT2D eigenvalue weighted by Gasteiger charge is 2.16. The third-order valence-electron chi connectivity index (χ3n) is 2.47. The number of hydrogen-bond donors (Lipinski definition) is 3. The molecule has 0 fully saturated rings. The number of carbonyl (C=O) groups is 1. The minimum Gasteiger partial charge on any atom is -0.478 e. The van der Waals surface area contributed by atoms with Crippen molar-refractivity contribution in [2.45, 2.75) is 11.4 Å². The molecular weight excluding hydrogens is 284 g/mol. The number of pyridine rings is 1. The lowest BCUT2D eigenvalue weighted by molar-refractivity contribution is 0.0696. The maximum Gasteiger partial charge on any atom is 0.337 e. The summed E-state index contributed by atoms with van der Waals surface area (Å²) in [7, 11) is -3.75. The lowest BCUT2D eigenvalue weighted by Gasteiger charge is -2.05. The Bertz CT molecular complexity index is 680. The first-order valence-corrected chi connectivity index (χ1v) is 7.14. The van der Waals surface area contributed by atoms with E-state index in [0.29, 0.717) is 12.2 Å². The van der Waals surface area contributed by atoms with Crippen LogP contribution in [0.4, 0.5) is 0 Å². The predicted molar refractivity (Wildman–Crippen MR) is 68.7 cm³/mol. The van der Waals surface area contributed by atoms with Gasteiger partial charge in [0.15, 0.2) is 5.03 Å². The van der Waals surface area contributed by atoms with Crippen molar-refractivity contribution in [1.29, 1.82) is 0 Å². The smallest absolute Gasteiger partial charge is 0.337 e. The summed E-state index contributed by atoms with van der Waals surface area (Å²) in [5.74, 6) is -0.492. The van der Waals surface area contributed by atoms with Crippen LogP contribution in [0.15, 0.2) is 35.7 Å². The van der Waals surface area contributed by atoms with Crippen LogP contribution in [-0.4, -0.2) is 41.0 Å². The topological polar surface area (TPSA) is 125 Å². The zero-order valence-electron chi connectivity index (χ0n) is 10.3. The molecule has 0 bridgehead atoms. The third kappa shape index (κ3) is 3.39. The summed E-state index contributed by atoms with van der Waals surface area (Å²) < 4.78 is 26.1. The molecule has 0 saturated carbocycles. The molecule has 8 nitrogen and oxygen atoms in total. The molecular formula is C11H12N4O4S. The van der Waals surface area contributed by atoms with Crippen LogP contribution in [0.5, 0.6) is 0 Å². The fraction of sp³-hybridized carbons (Fsp3) is 0.182. The van der Waals surface area contributed by atoms with Gasteiger partial charge >= 0.3 is 5.97 Å². The Kier molecular flexibility index (Phi) is 4.11. The molecule has 2 heterocycles. The molecule has 0 spiro atoms. The highest BCUT2D eigenvalue weighted by Crippen LogP contribution is 2.06. The molecule has 9 heteroatoms. The van der Waals surface area contributed by atoms with Crippen LogP contribution in [0, 0.1) is 0 Å². The van der Waals surface area contributed by atoms with Gasteiger partial charge in [0.2, 0.25) is 0 Å². The Labute approximate surface area is 114 Å². The number of aromatic nitrogens is 3. The number of aromatic amines is 1. The lowest BCUT2D eigenvalue weighted by atomic mass is 10.3. The Morgan fingerprint density at radius 3 is 2.70 bits per heavy atom. The van der Waals surface area contributed by atoms with E-state index in [0.717, 1.165) is 12.3 Å².